The number of hydrogen-bond donors (Lipinski definition) is 1. The largest absolute Gasteiger partial charge is 0.348 e. The molecule has 1 aromatic carbocycles. The van der Waals surface area contributed by atoms with Crippen LogP contribution in [0.2, 0.25) is 0 Å². The van der Waals surface area contributed by atoms with Gasteiger partial charge in [-0.25, -0.2) is 0 Å². The smallest absolute Gasteiger partial charge is 0.251 e. The molecule has 1 aliphatic carbocycles. The molecule has 1 saturated carbocycles. The summed E-state index contributed by atoms with van der Waals surface area (Å²) in [5.41, 5.74) is 2.08. The van der Waals surface area contributed by atoms with Gasteiger partial charge < -0.3 is 5.32 Å². The first kappa shape index (κ1) is 18.9. The molecule has 2 heterocycles. The molecule has 27 heavy (non-hydrogen) atoms. The first-order valence-corrected chi connectivity index (χ1v) is 11.1. The fourth-order valence-electron chi connectivity index (χ4n) is 5.14. The minimum absolute atomic E-state index is 0.103. The van der Waals surface area contributed by atoms with Crippen molar-refractivity contribution in [3.8, 4) is 0 Å². The van der Waals surface area contributed by atoms with Crippen LogP contribution in [0.4, 0.5) is 0 Å². The van der Waals surface area contributed by atoms with Gasteiger partial charge in [0.15, 0.2) is 0 Å². The van der Waals surface area contributed by atoms with Gasteiger partial charge in [0, 0.05) is 37.3 Å². The third-order valence-electron chi connectivity index (χ3n) is 6.69. The highest BCUT2D eigenvalue weighted by atomic mass is 16.1. The molecule has 4 nitrogen and oxygen atoms in total. The highest BCUT2D eigenvalue weighted by Gasteiger charge is 2.29. The second-order valence-electron chi connectivity index (χ2n) is 8.78. The van der Waals surface area contributed by atoms with Crippen LogP contribution in [0.1, 0.15) is 73.7 Å². The Kier molecular flexibility index (Phi) is 6.46. The second kappa shape index (κ2) is 9.20. The summed E-state index contributed by atoms with van der Waals surface area (Å²) in [5.74, 6) is 0.103. The maximum atomic E-state index is 12.8. The number of rotatable bonds is 5. The molecule has 2 aliphatic heterocycles. The predicted molar refractivity (Wildman–Crippen MR) is 110 cm³/mol. The quantitative estimate of drug-likeness (QED) is 0.802. The Labute approximate surface area is 164 Å². The van der Waals surface area contributed by atoms with Gasteiger partial charge in [-0.1, -0.05) is 37.8 Å². The molecule has 1 atom stereocenters. The average molecular weight is 370 g/mol. The molecule has 148 valence electrons. The van der Waals surface area contributed by atoms with Crippen LogP contribution in [0.15, 0.2) is 24.3 Å². The van der Waals surface area contributed by atoms with Gasteiger partial charge in [-0.15, -0.1) is 0 Å². The molecule has 2 saturated heterocycles. The zero-order valence-electron chi connectivity index (χ0n) is 16.7. The van der Waals surface area contributed by atoms with Gasteiger partial charge in [-0.2, -0.15) is 0 Å². The number of carbonyl (C=O) groups is 1. The van der Waals surface area contributed by atoms with Crippen LogP contribution >= 0.6 is 0 Å². The Morgan fingerprint density at radius 2 is 1.74 bits per heavy atom. The lowest BCUT2D eigenvalue weighted by Gasteiger charge is -2.26. The first-order chi connectivity index (χ1) is 13.3. The topological polar surface area (TPSA) is 35.6 Å². The van der Waals surface area contributed by atoms with E-state index in [4.69, 9.17) is 0 Å². The lowest BCUT2D eigenvalue weighted by atomic mass is 10.1. The Morgan fingerprint density at radius 3 is 2.52 bits per heavy atom. The van der Waals surface area contributed by atoms with E-state index in [0.29, 0.717) is 6.04 Å². The monoisotopic (exact) mass is 369 g/mol. The summed E-state index contributed by atoms with van der Waals surface area (Å²) in [6.07, 6.45) is 12.0. The Balaban J connectivity index is 1.30. The zero-order chi connectivity index (χ0) is 18.5. The van der Waals surface area contributed by atoms with Crippen molar-refractivity contribution in [1.29, 1.82) is 0 Å². The van der Waals surface area contributed by atoms with E-state index in [0.717, 1.165) is 37.7 Å². The van der Waals surface area contributed by atoms with E-state index in [9.17, 15) is 4.79 Å². The third kappa shape index (κ3) is 5.11. The molecular formula is C23H35N3O. The first-order valence-electron chi connectivity index (χ1n) is 11.1. The molecule has 4 heteroatoms. The number of amides is 1. The summed E-state index contributed by atoms with van der Waals surface area (Å²) >= 11 is 0. The van der Waals surface area contributed by atoms with Crippen LogP contribution in [0.3, 0.4) is 0 Å². The molecule has 4 rings (SSSR count). The molecule has 0 bridgehead atoms. The fraction of sp³-hybridized carbons (Fsp3) is 0.696. The summed E-state index contributed by atoms with van der Waals surface area (Å²) in [6, 6.07) is 9.29. The van der Waals surface area contributed by atoms with Crippen molar-refractivity contribution in [3.05, 3.63) is 35.4 Å². The normalized spacial score (nSPS) is 25.6. The molecule has 3 fully saturated rings. The number of nitrogens with one attached hydrogen (secondary N) is 1. The van der Waals surface area contributed by atoms with Gasteiger partial charge in [-0.3, -0.25) is 14.6 Å². The van der Waals surface area contributed by atoms with Crippen LogP contribution in [0, 0.1) is 0 Å². The van der Waals surface area contributed by atoms with Gasteiger partial charge in [-0.05, 0) is 62.9 Å². The van der Waals surface area contributed by atoms with Crippen molar-refractivity contribution in [2.24, 2.45) is 0 Å². The van der Waals surface area contributed by atoms with Crippen LogP contribution < -0.4 is 5.32 Å². The molecule has 1 aromatic rings. The Bertz CT molecular complexity index is 618. The minimum atomic E-state index is 0.103. The van der Waals surface area contributed by atoms with Crippen LogP contribution in [0.25, 0.3) is 0 Å². The molecule has 1 unspecified atom stereocenters. The molecule has 1 N–H and O–H groups in total. The van der Waals surface area contributed by atoms with Gasteiger partial charge in [0.05, 0.1) is 0 Å². The van der Waals surface area contributed by atoms with Crippen molar-refractivity contribution in [2.45, 2.75) is 76.4 Å². The van der Waals surface area contributed by atoms with Gasteiger partial charge >= 0.3 is 0 Å². The molecule has 0 aromatic heterocycles. The van der Waals surface area contributed by atoms with Crippen molar-refractivity contribution in [2.75, 3.05) is 26.2 Å². The zero-order valence-corrected chi connectivity index (χ0v) is 16.7. The van der Waals surface area contributed by atoms with E-state index >= 15 is 0 Å². The van der Waals surface area contributed by atoms with Crippen LogP contribution in [0.5, 0.6) is 0 Å². The van der Waals surface area contributed by atoms with Crippen LogP contribution in [-0.4, -0.2) is 54.0 Å². The average Bonchev–Trinajstić information content (AvgIpc) is 3.28. The third-order valence-corrected chi connectivity index (χ3v) is 6.69. The van der Waals surface area contributed by atoms with E-state index in [-0.39, 0.29) is 5.91 Å². The molecule has 0 spiro atoms. The van der Waals surface area contributed by atoms with Gasteiger partial charge in [0.25, 0.3) is 5.91 Å². The second-order valence-corrected chi connectivity index (χ2v) is 8.78. The lowest BCUT2D eigenvalue weighted by Crippen LogP contribution is -2.39. The summed E-state index contributed by atoms with van der Waals surface area (Å²) in [6.45, 7) is 5.53. The van der Waals surface area contributed by atoms with E-state index in [1.54, 1.807) is 0 Å². The number of benzene rings is 1. The van der Waals surface area contributed by atoms with Crippen molar-refractivity contribution >= 4 is 5.91 Å². The van der Waals surface area contributed by atoms with Crippen molar-refractivity contribution in [3.63, 3.8) is 0 Å². The number of nitrogens with zero attached hydrogens (tertiary/aromatic N) is 2. The summed E-state index contributed by atoms with van der Waals surface area (Å²) in [4.78, 5) is 17.9. The Hall–Kier alpha value is -1.39. The molecular weight excluding hydrogens is 334 g/mol. The minimum Gasteiger partial charge on any atom is -0.348 e. The molecule has 3 aliphatic rings. The van der Waals surface area contributed by atoms with E-state index in [2.05, 4.69) is 27.2 Å². The highest BCUT2D eigenvalue weighted by molar-refractivity contribution is 5.94. The maximum absolute atomic E-state index is 12.8. The van der Waals surface area contributed by atoms with Gasteiger partial charge in [0.1, 0.15) is 0 Å². The van der Waals surface area contributed by atoms with Crippen molar-refractivity contribution in [1.82, 2.24) is 15.1 Å². The summed E-state index contributed by atoms with van der Waals surface area (Å²) in [5, 5.41) is 3.31. The summed E-state index contributed by atoms with van der Waals surface area (Å²) < 4.78 is 0. The van der Waals surface area contributed by atoms with E-state index in [1.807, 2.05) is 12.1 Å². The van der Waals surface area contributed by atoms with E-state index < -0.39 is 0 Å². The summed E-state index contributed by atoms with van der Waals surface area (Å²) in [7, 11) is 0. The number of hydrogen-bond acceptors (Lipinski definition) is 3. The lowest BCUT2D eigenvalue weighted by molar-refractivity contribution is 0.0935. The Morgan fingerprint density at radius 1 is 0.963 bits per heavy atom. The predicted octanol–water partition coefficient (Wildman–Crippen LogP) is 3.81. The highest BCUT2D eigenvalue weighted by Crippen LogP contribution is 2.25. The number of carbonyl (C=O) groups excluding carboxylic acids is 1. The molecule has 1 amide bonds. The molecule has 0 radical (unpaired) electrons. The van der Waals surface area contributed by atoms with E-state index in [1.165, 1.54) is 70.0 Å². The number of likely N-dealkylation sites (tertiary alicyclic amines) is 2. The van der Waals surface area contributed by atoms with Crippen LogP contribution in [-0.2, 0) is 6.54 Å². The fourth-order valence-corrected chi connectivity index (χ4v) is 5.14. The maximum Gasteiger partial charge on any atom is 0.251 e. The van der Waals surface area contributed by atoms with Gasteiger partial charge in [0.2, 0.25) is 0 Å². The van der Waals surface area contributed by atoms with Crippen molar-refractivity contribution < 1.29 is 4.79 Å². The SMILES string of the molecule is O=C(NC1CCN(C2CCCCCC2)C1)c1cccc(CN2CCCC2)c1. The standard InChI is InChI=1S/C23H35N3O/c27-23(20-9-7-8-19(16-20)17-25-13-5-6-14-25)24-21-12-15-26(18-21)22-10-3-1-2-4-11-22/h7-9,16,21-22H,1-6,10-15,17-18H2,(H,24,27).